The summed E-state index contributed by atoms with van der Waals surface area (Å²) in [6.45, 7) is 0. The van der Waals surface area contributed by atoms with Gasteiger partial charge in [0.05, 0.1) is 0 Å². The van der Waals surface area contributed by atoms with Crippen LogP contribution < -0.4 is 0 Å². The Morgan fingerprint density at radius 1 is 0.750 bits per heavy atom. The zero-order chi connectivity index (χ0) is 0. The molecule has 0 saturated carbocycles. The molecule has 0 unspecified atom stereocenters. The van der Waals surface area contributed by atoms with Crippen molar-refractivity contribution in [3.8, 4) is 0 Å². The van der Waals surface area contributed by atoms with Gasteiger partial charge in [-0.25, -0.2) is 0 Å². The first-order valence-electron chi connectivity index (χ1n) is 0. The molecule has 0 spiro atoms. The molecule has 22 valence electrons. The molecule has 0 saturated heterocycles. The maximum Gasteiger partial charge on any atom is 2.00 e. The van der Waals surface area contributed by atoms with Crippen LogP contribution in [0.1, 0.15) is 0 Å². The van der Waals surface area contributed by atoms with Gasteiger partial charge in [0, 0.05) is 0 Å². The largest absolute Gasteiger partial charge is 2.00 e. The van der Waals surface area contributed by atoms with Crippen LogP contribution in [0.5, 0.6) is 0 Å². The first-order chi connectivity index (χ1) is 0. The van der Waals surface area contributed by atoms with E-state index in [1.807, 2.05) is 0 Å². The van der Waals surface area contributed by atoms with E-state index in [1.54, 1.807) is 0 Å². The fraction of sp³-hybridized carbons (Fsp3) is 0. The van der Waals surface area contributed by atoms with Gasteiger partial charge in [-0.2, -0.15) is 0 Å². The maximum absolute atomic E-state index is 0. The summed E-state index contributed by atoms with van der Waals surface area (Å²) in [5.74, 6) is 0. The topological polar surface area (TPSA) is 60.0 Å². The van der Waals surface area contributed by atoms with Crippen molar-refractivity contribution in [2.75, 3.05) is 0 Å². The summed E-state index contributed by atoms with van der Waals surface area (Å²) in [7, 11) is 0. The molecule has 4 heteroatoms. The zero-order valence-electron chi connectivity index (χ0n) is 1.60. The van der Waals surface area contributed by atoms with Crippen molar-refractivity contribution >= 4 is 55.1 Å². The molecule has 0 heterocycles. The van der Waals surface area contributed by atoms with Gasteiger partial charge in [0.1, 0.15) is 0 Å². The van der Waals surface area contributed by atoms with Crippen molar-refractivity contribution in [1.82, 2.24) is 0 Å². The molecule has 0 aromatic heterocycles. The Labute approximate surface area is 65.3 Å². The fourth-order valence-electron chi connectivity index (χ4n) is 0. The van der Waals surface area contributed by atoms with E-state index in [0.717, 1.165) is 0 Å². The molecule has 0 bridgehead atoms. The molecule has 0 aromatic carbocycles. The molecule has 0 aliphatic heterocycles. The summed E-state index contributed by atoms with van der Waals surface area (Å²) in [4.78, 5) is 0. The Morgan fingerprint density at radius 3 is 0.750 bits per heavy atom. The summed E-state index contributed by atoms with van der Waals surface area (Å²) in [6.07, 6.45) is 0. The van der Waals surface area contributed by atoms with Gasteiger partial charge < -0.3 is 11.0 Å². The van der Waals surface area contributed by atoms with Crippen molar-refractivity contribution in [2.45, 2.75) is 0 Å². The van der Waals surface area contributed by atoms with E-state index >= 15 is 0 Å². The molecule has 0 aliphatic carbocycles. The summed E-state index contributed by atoms with van der Waals surface area (Å²) >= 11 is 0. The summed E-state index contributed by atoms with van der Waals surface area (Å²) in [5, 5.41) is 0. The smallest absolute Gasteiger partial charge is 0.870 e. The van der Waals surface area contributed by atoms with Gasteiger partial charge in [0.2, 0.25) is 0 Å². The monoisotopic (exact) mass is 104 g/mol. The van der Waals surface area contributed by atoms with E-state index in [0.29, 0.717) is 0 Å². The molecular formula is H5AlCaO2. The van der Waals surface area contributed by atoms with Gasteiger partial charge in [-0.05, 0) is 0 Å². The van der Waals surface area contributed by atoms with Crippen molar-refractivity contribution in [3.05, 3.63) is 0 Å². The van der Waals surface area contributed by atoms with Crippen LogP contribution in [0, 0.1) is 0 Å². The van der Waals surface area contributed by atoms with E-state index < -0.39 is 0 Å². The van der Waals surface area contributed by atoms with Crippen LogP contribution in [0.3, 0.4) is 0 Å². The minimum Gasteiger partial charge on any atom is -0.870 e. The second-order valence-corrected chi connectivity index (χ2v) is 0. The van der Waals surface area contributed by atoms with Crippen molar-refractivity contribution in [3.63, 3.8) is 0 Å². The van der Waals surface area contributed by atoms with Gasteiger partial charge in [-0.1, -0.05) is 0 Å². The van der Waals surface area contributed by atoms with E-state index in [9.17, 15) is 0 Å². The standard InChI is InChI=1S/Al.Ca.2H2O.3H/h;;2*1H2;;;/q;+2;;;;;/p-2. The molecule has 2 N–H and O–H groups in total. The van der Waals surface area contributed by atoms with Crippen molar-refractivity contribution in [2.24, 2.45) is 0 Å². The van der Waals surface area contributed by atoms with Gasteiger partial charge >= 0.3 is 37.7 Å². The SMILES string of the molecule is [AlH3].[Ca+2].[OH-].[OH-]. The van der Waals surface area contributed by atoms with Crippen molar-refractivity contribution < 1.29 is 11.0 Å². The Balaban J connectivity index is 0. The Bertz CT molecular complexity index is 6.00. The molecule has 0 rings (SSSR count). The summed E-state index contributed by atoms with van der Waals surface area (Å²) in [6, 6.07) is 0. The Kier molecular flexibility index (Phi) is 240. The van der Waals surface area contributed by atoms with Gasteiger partial charge in [-0.15, -0.1) is 0 Å². The molecule has 0 aliphatic rings. The number of hydrogen-bond donors (Lipinski definition) is 0. The molecular weight excluding hydrogens is 99.1 g/mol. The first kappa shape index (κ1) is 43.3. The number of rotatable bonds is 0. The predicted molar refractivity (Wildman–Crippen MR) is 19.6 cm³/mol. The van der Waals surface area contributed by atoms with Gasteiger partial charge in [-0.3, -0.25) is 0 Å². The quantitative estimate of drug-likeness (QED) is 0.336. The van der Waals surface area contributed by atoms with E-state index in [-0.39, 0.29) is 66.1 Å². The second-order valence-electron chi connectivity index (χ2n) is 0. The maximum atomic E-state index is 0. The van der Waals surface area contributed by atoms with Gasteiger partial charge in [0.25, 0.3) is 0 Å². The average molecular weight is 104 g/mol. The van der Waals surface area contributed by atoms with Crippen LogP contribution in [0.15, 0.2) is 0 Å². The summed E-state index contributed by atoms with van der Waals surface area (Å²) in [5.41, 5.74) is 0. The van der Waals surface area contributed by atoms with Crippen LogP contribution in [-0.4, -0.2) is 66.1 Å². The third-order valence-electron chi connectivity index (χ3n) is 0. The predicted octanol–water partition coefficient (Wildman–Crippen LogP) is -1.92. The Hall–Kier alpha value is 1.71. The van der Waals surface area contributed by atoms with Gasteiger partial charge in [0.15, 0.2) is 17.4 Å². The van der Waals surface area contributed by atoms with Crippen LogP contribution in [0.2, 0.25) is 0 Å². The first-order valence-corrected chi connectivity index (χ1v) is 0. The molecule has 0 atom stereocenters. The van der Waals surface area contributed by atoms with Crippen molar-refractivity contribution in [1.29, 1.82) is 0 Å². The minimum absolute atomic E-state index is 0. The Morgan fingerprint density at radius 2 is 0.750 bits per heavy atom. The summed E-state index contributed by atoms with van der Waals surface area (Å²) < 4.78 is 0. The zero-order valence-corrected chi connectivity index (χ0v) is 3.81. The normalized spacial score (nSPS) is 0. The third-order valence-corrected chi connectivity index (χ3v) is 0. The molecule has 2 nitrogen and oxygen atoms in total. The van der Waals surface area contributed by atoms with Crippen LogP contribution >= 0.6 is 0 Å². The van der Waals surface area contributed by atoms with Crippen LogP contribution in [0.25, 0.3) is 0 Å². The van der Waals surface area contributed by atoms with E-state index in [4.69, 9.17) is 0 Å². The third kappa shape index (κ3) is 9.31. The molecule has 0 radical (unpaired) electrons. The van der Waals surface area contributed by atoms with E-state index in [1.165, 1.54) is 0 Å². The minimum atomic E-state index is 0. The van der Waals surface area contributed by atoms with Crippen LogP contribution in [-0.2, 0) is 0 Å². The fourth-order valence-corrected chi connectivity index (χ4v) is 0. The number of hydrogen-bond acceptors (Lipinski definition) is 2. The molecule has 0 amide bonds. The molecule has 0 aromatic rings. The second kappa shape index (κ2) is 22.2. The van der Waals surface area contributed by atoms with Crippen LogP contribution in [0.4, 0.5) is 0 Å². The molecule has 4 heavy (non-hydrogen) atoms. The van der Waals surface area contributed by atoms with E-state index in [2.05, 4.69) is 0 Å². The molecule has 0 fully saturated rings. The average Bonchev–Trinajstić information content (AvgIpc) is 0.